The first-order valence-electron chi connectivity index (χ1n) is 13.4. The molecule has 0 radical (unpaired) electrons. The molecule has 39 heavy (non-hydrogen) atoms. The number of imidazole rings is 1. The van der Waals surface area contributed by atoms with Gasteiger partial charge in [-0.15, -0.1) is 0 Å². The summed E-state index contributed by atoms with van der Waals surface area (Å²) in [7, 11) is -1.42. The minimum atomic E-state index is -3.60. The first kappa shape index (κ1) is 27.8. The second kappa shape index (κ2) is 11.8. The summed E-state index contributed by atoms with van der Waals surface area (Å²) in [6, 6.07) is 7.24. The van der Waals surface area contributed by atoms with Crippen LogP contribution in [0.2, 0.25) is 5.02 Å². The highest BCUT2D eigenvalue weighted by molar-refractivity contribution is 7.90. The Morgan fingerprint density at radius 3 is 2.44 bits per heavy atom. The van der Waals surface area contributed by atoms with E-state index >= 15 is 0 Å². The number of amides is 1. The van der Waals surface area contributed by atoms with E-state index in [0.717, 1.165) is 50.5 Å². The SMILES string of the molecule is CN1CCC(CN2CCN(C(=O)CCc3oc(-n4ccnc4S(C)(=O)=O)nc3-c3ccc(Cl)cc3)CC2)CC1. The van der Waals surface area contributed by atoms with Crippen LogP contribution in [0.25, 0.3) is 17.3 Å². The van der Waals surface area contributed by atoms with Crippen LogP contribution in [0.15, 0.2) is 46.2 Å². The van der Waals surface area contributed by atoms with Crippen molar-refractivity contribution < 1.29 is 17.6 Å². The Hall–Kier alpha value is -2.73. The van der Waals surface area contributed by atoms with E-state index in [1.54, 1.807) is 12.1 Å². The van der Waals surface area contributed by atoms with Gasteiger partial charge in [0.15, 0.2) is 0 Å². The zero-order valence-corrected chi connectivity index (χ0v) is 24.0. The Bertz CT molecular complexity index is 1390. The predicted octanol–water partition coefficient (Wildman–Crippen LogP) is 3.00. The third-order valence-electron chi connectivity index (χ3n) is 7.59. The summed E-state index contributed by atoms with van der Waals surface area (Å²) in [5.74, 6) is 1.33. The van der Waals surface area contributed by atoms with Crippen molar-refractivity contribution in [3.63, 3.8) is 0 Å². The Balaban J connectivity index is 1.25. The van der Waals surface area contributed by atoms with Gasteiger partial charge in [0.1, 0.15) is 11.5 Å². The molecule has 0 unspecified atom stereocenters. The molecule has 1 aromatic carbocycles. The second-order valence-corrected chi connectivity index (χ2v) is 12.9. The largest absolute Gasteiger partial charge is 0.427 e. The summed E-state index contributed by atoms with van der Waals surface area (Å²) in [6.45, 7) is 6.70. The number of piperidine rings is 1. The number of carbonyl (C=O) groups is 1. The first-order chi connectivity index (χ1) is 18.7. The zero-order valence-electron chi connectivity index (χ0n) is 22.4. The van der Waals surface area contributed by atoms with Crippen LogP contribution in [-0.4, -0.2) is 103 Å². The molecule has 2 aliphatic rings. The number of sulfone groups is 1. The van der Waals surface area contributed by atoms with Crippen LogP contribution in [0, 0.1) is 5.92 Å². The zero-order chi connectivity index (χ0) is 27.6. The topological polar surface area (TPSA) is 105 Å². The highest BCUT2D eigenvalue weighted by Crippen LogP contribution is 2.29. The van der Waals surface area contributed by atoms with Gasteiger partial charge >= 0.3 is 6.01 Å². The number of hydrogen-bond acceptors (Lipinski definition) is 8. The van der Waals surface area contributed by atoms with Gasteiger partial charge < -0.3 is 14.2 Å². The molecule has 210 valence electrons. The van der Waals surface area contributed by atoms with E-state index in [1.807, 2.05) is 17.0 Å². The van der Waals surface area contributed by atoms with Crippen molar-refractivity contribution in [3.8, 4) is 17.3 Å². The number of hydrogen-bond donors (Lipinski definition) is 0. The maximum Gasteiger partial charge on any atom is 0.308 e. The molecule has 0 spiro atoms. The molecule has 10 nitrogen and oxygen atoms in total. The summed E-state index contributed by atoms with van der Waals surface area (Å²) < 4.78 is 31.8. The van der Waals surface area contributed by atoms with Gasteiger partial charge in [-0.2, -0.15) is 4.98 Å². The number of aryl methyl sites for hydroxylation is 1. The van der Waals surface area contributed by atoms with E-state index in [0.29, 0.717) is 22.9 Å². The maximum atomic E-state index is 13.1. The molecule has 3 aromatic rings. The van der Waals surface area contributed by atoms with Crippen LogP contribution in [-0.2, 0) is 21.1 Å². The molecule has 12 heteroatoms. The number of nitrogens with zero attached hydrogens (tertiary/aromatic N) is 6. The lowest BCUT2D eigenvalue weighted by atomic mass is 9.96. The van der Waals surface area contributed by atoms with Crippen LogP contribution in [0.1, 0.15) is 25.0 Å². The summed E-state index contributed by atoms with van der Waals surface area (Å²) in [4.78, 5) is 28.5. The molecular weight excluding hydrogens is 540 g/mol. The number of aromatic nitrogens is 3. The molecule has 0 bridgehead atoms. The quantitative estimate of drug-likeness (QED) is 0.404. The monoisotopic (exact) mass is 574 g/mol. The number of benzene rings is 1. The van der Waals surface area contributed by atoms with Crippen LogP contribution < -0.4 is 0 Å². The third-order valence-corrected chi connectivity index (χ3v) is 8.81. The van der Waals surface area contributed by atoms with Gasteiger partial charge in [-0.05, 0) is 51.0 Å². The number of oxazole rings is 1. The van der Waals surface area contributed by atoms with Gasteiger partial charge in [-0.3, -0.25) is 9.69 Å². The van der Waals surface area contributed by atoms with E-state index in [2.05, 4.69) is 26.8 Å². The third kappa shape index (κ3) is 6.71. The molecule has 0 saturated carbocycles. The molecule has 5 rings (SSSR count). The van der Waals surface area contributed by atoms with Crippen LogP contribution in [0.3, 0.4) is 0 Å². The molecule has 0 N–H and O–H groups in total. The normalized spacial score (nSPS) is 18.1. The number of likely N-dealkylation sites (tertiary alicyclic amines) is 1. The second-order valence-electron chi connectivity index (χ2n) is 10.6. The van der Waals surface area contributed by atoms with Gasteiger partial charge in [0.2, 0.25) is 20.9 Å². The van der Waals surface area contributed by atoms with Gasteiger partial charge in [-0.1, -0.05) is 23.7 Å². The van der Waals surface area contributed by atoms with Gasteiger partial charge in [0, 0.05) is 74.8 Å². The highest BCUT2D eigenvalue weighted by Gasteiger charge is 2.26. The fourth-order valence-electron chi connectivity index (χ4n) is 5.32. The molecule has 2 aliphatic heterocycles. The number of carbonyl (C=O) groups excluding carboxylic acids is 1. The molecule has 2 saturated heterocycles. The maximum absolute atomic E-state index is 13.1. The summed E-state index contributed by atoms with van der Waals surface area (Å²) in [5, 5.41) is 0.426. The van der Waals surface area contributed by atoms with Crippen molar-refractivity contribution in [1.29, 1.82) is 0 Å². The first-order valence-corrected chi connectivity index (χ1v) is 15.6. The number of halogens is 1. The van der Waals surface area contributed by atoms with E-state index in [9.17, 15) is 13.2 Å². The number of rotatable bonds is 8. The molecule has 0 atom stereocenters. The molecule has 2 fully saturated rings. The van der Waals surface area contributed by atoms with Crippen molar-refractivity contribution >= 4 is 27.3 Å². The van der Waals surface area contributed by atoms with Crippen molar-refractivity contribution in [3.05, 3.63) is 47.4 Å². The van der Waals surface area contributed by atoms with Crippen molar-refractivity contribution in [2.24, 2.45) is 5.92 Å². The van der Waals surface area contributed by atoms with Crippen LogP contribution in [0.5, 0.6) is 0 Å². The van der Waals surface area contributed by atoms with Crippen molar-refractivity contribution in [2.45, 2.75) is 30.8 Å². The minimum Gasteiger partial charge on any atom is -0.427 e. The standard InChI is InChI=1S/C27H35ClN6O4S/c1-31-12-9-20(10-13-31)19-32-15-17-33(18-16-32)24(35)8-7-23-25(21-3-5-22(28)6-4-21)30-26(38-23)34-14-11-29-27(34)39(2,36)37/h3-6,11,14,20H,7-10,12-13,15-19H2,1-2H3. The van der Waals surface area contributed by atoms with E-state index < -0.39 is 9.84 Å². The Morgan fingerprint density at radius 1 is 1.08 bits per heavy atom. The van der Waals surface area contributed by atoms with Gasteiger partial charge in [0.05, 0.1) is 0 Å². The van der Waals surface area contributed by atoms with Crippen molar-refractivity contribution in [1.82, 2.24) is 29.2 Å². The Kier molecular flexibility index (Phi) is 8.41. The molecular formula is C27H35ClN6O4S. The predicted molar refractivity (Wildman–Crippen MR) is 149 cm³/mol. The molecule has 0 aliphatic carbocycles. The average Bonchev–Trinajstić information content (AvgIpc) is 3.57. The molecule has 2 aromatic heterocycles. The number of piperazine rings is 1. The van der Waals surface area contributed by atoms with Crippen LogP contribution in [0.4, 0.5) is 0 Å². The fraction of sp³-hybridized carbons (Fsp3) is 0.519. The Labute approximate surface area is 234 Å². The van der Waals surface area contributed by atoms with Gasteiger partial charge in [-0.25, -0.2) is 18.0 Å². The van der Waals surface area contributed by atoms with E-state index in [4.69, 9.17) is 16.0 Å². The summed E-state index contributed by atoms with van der Waals surface area (Å²) >= 11 is 6.08. The van der Waals surface area contributed by atoms with E-state index in [1.165, 1.54) is 42.9 Å². The highest BCUT2D eigenvalue weighted by atomic mass is 35.5. The fourth-order valence-corrected chi connectivity index (χ4v) is 6.20. The molecule has 1 amide bonds. The van der Waals surface area contributed by atoms with E-state index in [-0.39, 0.29) is 23.5 Å². The lowest BCUT2D eigenvalue weighted by Crippen LogP contribution is -2.50. The van der Waals surface area contributed by atoms with Crippen molar-refractivity contribution in [2.75, 3.05) is 59.1 Å². The van der Waals surface area contributed by atoms with Gasteiger partial charge in [0.25, 0.3) is 0 Å². The lowest BCUT2D eigenvalue weighted by molar-refractivity contribution is -0.133. The summed E-state index contributed by atoms with van der Waals surface area (Å²) in [6.07, 6.45) is 7.06. The smallest absolute Gasteiger partial charge is 0.308 e. The Morgan fingerprint density at radius 2 is 1.77 bits per heavy atom. The lowest BCUT2D eigenvalue weighted by Gasteiger charge is -2.38. The average molecular weight is 575 g/mol. The minimum absolute atomic E-state index is 0.0772. The summed E-state index contributed by atoms with van der Waals surface area (Å²) in [5.41, 5.74) is 1.31. The van der Waals surface area contributed by atoms with Crippen LogP contribution >= 0.6 is 11.6 Å². The molecule has 4 heterocycles.